The normalized spacial score (nSPS) is 10.8. The molecule has 3 aromatic rings. The number of fused-ring (bicyclic) bond motifs is 1. The smallest absolute Gasteiger partial charge is 0.0762 e. The summed E-state index contributed by atoms with van der Waals surface area (Å²) in [7, 11) is 0. The van der Waals surface area contributed by atoms with Crippen molar-refractivity contribution in [2.45, 2.75) is 13.8 Å². The Hall–Kier alpha value is -2.39. The number of nitrogens with zero attached hydrogens (tertiary/aromatic N) is 1. The van der Waals surface area contributed by atoms with E-state index in [1.54, 1.807) is 0 Å². The monoisotopic (exact) mass is 263 g/mol. The highest BCUT2D eigenvalue weighted by molar-refractivity contribution is 5.97. The minimum absolute atomic E-state index is 0.912. The van der Waals surface area contributed by atoms with Crippen molar-refractivity contribution in [3.05, 3.63) is 59.7 Å². The molecule has 0 radical (unpaired) electrons. The van der Waals surface area contributed by atoms with Gasteiger partial charge in [0.05, 0.1) is 16.9 Å². The highest BCUT2D eigenvalue weighted by atomic mass is 15.2. The van der Waals surface area contributed by atoms with Gasteiger partial charge in [0.15, 0.2) is 0 Å². The highest BCUT2D eigenvalue weighted by Gasteiger charge is 2.10. The predicted octanol–water partition coefficient (Wildman–Crippen LogP) is 3.80. The molecule has 1 heterocycles. The second kappa shape index (κ2) is 4.94. The third kappa shape index (κ3) is 2.02. The van der Waals surface area contributed by atoms with Crippen LogP contribution >= 0.6 is 0 Å². The second-order valence-corrected chi connectivity index (χ2v) is 4.99. The summed E-state index contributed by atoms with van der Waals surface area (Å²) in [6, 6.07) is 16.3. The van der Waals surface area contributed by atoms with Crippen molar-refractivity contribution in [3.63, 3.8) is 0 Å². The number of pyridine rings is 1. The number of aryl methyl sites for hydroxylation is 2. The zero-order chi connectivity index (χ0) is 14.1. The van der Waals surface area contributed by atoms with E-state index >= 15 is 0 Å². The van der Waals surface area contributed by atoms with E-state index in [-0.39, 0.29) is 0 Å². The van der Waals surface area contributed by atoms with Crippen LogP contribution in [0.5, 0.6) is 0 Å². The first-order chi connectivity index (χ1) is 9.70. The maximum absolute atomic E-state index is 5.70. The molecule has 0 unspecified atom stereocenters. The van der Waals surface area contributed by atoms with Crippen LogP contribution in [0.15, 0.2) is 48.5 Å². The van der Waals surface area contributed by atoms with Gasteiger partial charge in [0.2, 0.25) is 0 Å². The standard InChI is InChI=1S/C17H17N3/c1-11-8-9-12(2)17-16(11)15(20-18)10-14(19-17)13-6-4-3-5-7-13/h3-10H,18H2,1-2H3,(H,19,20). The number of hydrazine groups is 1. The molecule has 20 heavy (non-hydrogen) atoms. The minimum atomic E-state index is 0.912. The number of hydrogen-bond acceptors (Lipinski definition) is 3. The fraction of sp³-hybridized carbons (Fsp3) is 0.118. The van der Waals surface area contributed by atoms with Gasteiger partial charge in [0.25, 0.3) is 0 Å². The first-order valence-electron chi connectivity index (χ1n) is 6.63. The lowest BCUT2D eigenvalue weighted by Crippen LogP contribution is -2.08. The van der Waals surface area contributed by atoms with E-state index in [0.717, 1.165) is 33.4 Å². The lowest BCUT2D eigenvalue weighted by atomic mass is 10.0. The van der Waals surface area contributed by atoms with Crippen LogP contribution in [0.2, 0.25) is 0 Å². The van der Waals surface area contributed by atoms with Gasteiger partial charge in [-0.2, -0.15) is 0 Å². The Labute approximate surface area is 118 Å². The van der Waals surface area contributed by atoms with Gasteiger partial charge in [0, 0.05) is 10.9 Å². The molecule has 3 rings (SSSR count). The number of nitrogen functional groups attached to an aromatic ring is 1. The molecule has 0 atom stereocenters. The Balaban J connectivity index is 2.35. The molecule has 3 N–H and O–H groups in total. The Kier molecular flexibility index (Phi) is 3.12. The SMILES string of the molecule is Cc1ccc(C)c2c(NN)cc(-c3ccccc3)nc12. The van der Waals surface area contributed by atoms with Crippen LogP contribution in [0.4, 0.5) is 5.69 Å². The van der Waals surface area contributed by atoms with Crippen molar-refractivity contribution in [1.82, 2.24) is 4.98 Å². The zero-order valence-electron chi connectivity index (χ0n) is 11.6. The molecule has 0 bridgehead atoms. The molecule has 1 aromatic heterocycles. The molecule has 0 amide bonds. The largest absolute Gasteiger partial charge is 0.323 e. The molecule has 0 aliphatic heterocycles. The molecule has 100 valence electrons. The van der Waals surface area contributed by atoms with E-state index in [4.69, 9.17) is 10.8 Å². The zero-order valence-corrected chi connectivity index (χ0v) is 11.6. The van der Waals surface area contributed by atoms with Gasteiger partial charge in [-0.1, -0.05) is 42.5 Å². The lowest BCUT2D eigenvalue weighted by Gasteiger charge is -2.13. The Morgan fingerprint density at radius 1 is 0.950 bits per heavy atom. The first kappa shape index (κ1) is 12.6. The number of rotatable bonds is 2. The Bertz CT molecular complexity index is 764. The van der Waals surface area contributed by atoms with Crippen LogP contribution in [0.1, 0.15) is 11.1 Å². The molecule has 3 heteroatoms. The van der Waals surface area contributed by atoms with Crippen molar-refractivity contribution < 1.29 is 0 Å². The summed E-state index contributed by atoms with van der Waals surface area (Å²) in [4.78, 5) is 4.82. The highest BCUT2D eigenvalue weighted by Crippen LogP contribution is 2.31. The molecule has 0 fully saturated rings. The number of nitrogens with two attached hydrogens (primary N) is 1. The fourth-order valence-electron chi connectivity index (χ4n) is 2.51. The maximum Gasteiger partial charge on any atom is 0.0762 e. The average molecular weight is 263 g/mol. The summed E-state index contributed by atoms with van der Waals surface area (Å²) in [5, 5.41) is 1.09. The second-order valence-electron chi connectivity index (χ2n) is 4.99. The van der Waals surface area contributed by atoms with Crippen LogP contribution in [0.3, 0.4) is 0 Å². The summed E-state index contributed by atoms with van der Waals surface area (Å²) in [5.41, 5.74) is 9.06. The third-order valence-electron chi connectivity index (χ3n) is 3.60. The van der Waals surface area contributed by atoms with Gasteiger partial charge in [-0.3, -0.25) is 5.84 Å². The van der Waals surface area contributed by atoms with E-state index in [9.17, 15) is 0 Å². The number of benzene rings is 2. The van der Waals surface area contributed by atoms with Crippen molar-refractivity contribution in [2.75, 3.05) is 5.43 Å². The van der Waals surface area contributed by atoms with E-state index in [2.05, 4.69) is 43.5 Å². The van der Waals surface area contributed by atoms with Gasteiger partial charge in [-0.25, -0.2) is 4.98 Å². The summed E-state index contributed by atoms with van der Waals surface area (Å²) in [6.45, 7) is 4.15. The number of hydrogen-bond donors (Lipinski definition) is 2. The summed E-state index contributed by atoms with van der Waals surface area (Å²) in [5.74, 6) is 5.70. The van der Waals surface area contributed by atoms with Crippen LogP contribution in [0.25, 0.3) is 22.2 Å². The molecular weight excluding hydrogens is 246 g/mol. The predicted molar refractivity (Wildman–Crippen MR) is 84.5 cm³/mol. The molecule has 0 saturated heterocycles. The average Bonchev–Trinajstić information content (AvgIpc) is 2.51. The first-order valence-corrected chi connectivity index (χ1v) is 6.63. The lowest BCUT2D eigenvalue weighted by molar-refractivity contribution is 1.30. The van der Waals surface area contributed by atoms with Gasteiger partial charge >= 0.3 is 0 Å². The fourth-order valence-corrected chi connectivity index (χ4v) is 2.51. The van der Waals surface area contributed by atoms with Gasteiger partial charge in [-0.05, 0) is 31.0 Å². The molecule has 2 aromatic carbocycles. The number of nitrogens with one attached hydrogen (secondary N) is 1. The summed E-state index contributed by atoms with van der Waals surface area (Å²) < 4.78 is 0. The third-order valence-corrected chi connectivity index (χ3v) is 3.60. The van der Waals surface area contributed by atoms with Gasteiger partial charge < -0.3 is 5.43 Å². The van der Waals surface area contributed by atoms with Gasteiger partial charge in [-0.15, -0.1) is 0 Å². The van der Waals surface area contributed by atoms with E-state index in [1.807, 2.05) is 24.3 Å². The maximum atomic E-state index is 5.70. The number of anilines is 1. The molecular formula is C17H17N3. The van der Waals surface area contributed by atoms with E-state index < -0.39 is 0 Å². The van der Waals surface area contributed by atoms with Crippen molar-refractivity contribution in [3.8, 4) is 11.3 Å². The van der Waals surface area contributed by atoms with Crippen LogP contribution in [-0.4, -0.2) is 4.98 Å². The van der Waals surface area contributed by atoms with E-state index in [1.165, 1.54) is 5.56 Å². The molecule has 0 aliphatic rings. The van der Waals surface area contributed by atoms with Crippen molar-refractivity contribution in [2.24, 2.45) is 5.84 Å². The molecule has 0 spiro atoms. The quantitative estimate of drug-likeness (QED) is 0.546. The minimum Gasteiger partial charge on any atom is -0.323 e. The topological polar surface area (TPSA) is 50.9 Å². The van der Waals surface area contributed by atoms with Crippen molar-refractivity contribution in [1.29, 1.82) is 0 Å². The van der Waals surface area contributed by atoms with Crippen LogP contribution < -0.4 is 11.3 Å². The van der Waals surface area contributed by atoms with E-state index in [0.29, 0.717) is 0 Å². The van der Waals surface area contributed by atoms with Gasteiger partial charge in [0.1, 0.15) is 0 Å². The summed E-state index contributed by atoms with van der Waals surface area (Å²) >= 11 is 0. The molecule has 0 saturated carbocycles. The van der Waals surface area contributed by atoms with Crippen molar-refractivity contribution >= 4 is 16.6 Å². The Morgan fingerprint density at radius 2 is 1.65 bits per heavy atom. The number of aromatic nitrogens is 1. The molecule has 3 nitrogen and oxygen atoms in total. The van der Waals surface area contributed by atoms with Crippen LogP contribution in [-0.2, 0) is 0 Å². The summed E-state index contributed by atoms with van der Waals surface area (Å²) in [6.07, 6.45) is 0. The molecule has 0 aliphatic carbocycles. The van der Waals surface area contributed by atoms with Crippen LogP contribution in [0, 0.1) is 13.8 Å². The Morgan fingerprint density at radius 3 is 2.35 bits per heavy atom.